The summed E-state index contributed by atoms with van der Waals surface area (Å²) in [7, 11) is -4.01. The molecule has 0 saturated heterocycles. The van der Waals surface area contributed by atoms with Crippen LogP contribution in [0.5, 0.6) is 23.0 Å². The van der Waals surface area contributed by atoms with Crippen LogP contribution in [0, 0.1) is 0 Å². The third-order valence-corrected chi connectivity index (χ3v) is 16.8. The molecule has 0 unspecified atom stereocenters. The molecular formula is C56H84O5Si2. The molecule has 0 bridgehead atoms. The first-order valence-corrected chi connectivity index (χ1v) is 27.0. The molecule has 0 spiro atoms. The average Bonchev–Trinajstić information content (AvgIpc) is 3.21. The average molecular weight is 893 g/mol. The normalized spacial score (nSPS) is 12.6. The number of ether oxygens (including phenoxy) is 4. The number of rotatable bonds is 22. The summed E-state index contributed by atoms with van der Waals surface area (Å²) < 4.78 is 34.0. The number of unbranched alkanes of at least 4 members (excludes halogenated alkanes) is 4. The van der Waals surface area contributed by atoms with Gasteiger partial charge in [-0.1, -0.05) is 161 Å². The Morgan fingerprint density at radius 3 is 0.714 bits per heavy atom. The van der Waals surface area contributed by atoms with Gasteiger partial charge in [0.1, 0.15) is 23.0 Å². The van der Waals surface area contributed by atoms with Gasteiger partial charge in [0.25, 0.3) is 18.1 Å². The zero-order chi connectivity index (χ0) is 46.6. The van der Waals surface area contributed by atoms with E-state index < -0.39 is 18.1 Å². The van der Waals surface area contributed by atoms with Crippen molar-refractivity contribution in [1.82, 2.24) is 0 Å². The predicted molar refractivity (Wildman–Crippen MR) is 273 cm³/mol. The van der Waals surface area contributed by atoms with Crippen molar-refractivity contribution in [1.29, 1.82) is 0 Å². The van der Waals surface area contributed by atoms with Crippen LogP contribution < -0.4 is 39.7 Å². The summed E-state index contributed by atoms with van der Waals surface area (Å²) in [5, 5.41) is 5.04. The van der Waals surface area contributed by atoms with E-state index in [1.165, 1.54) is 43.0 Å². The molecule has 4 aromatic rings. The van der Waals surface area contributed by atoms with E-state index in [-0.39, 0.29) is 21.7 Å². The van der Waals surface area contributed by atoms with Gasteiger partial charge in [-0.15, -0.1) is 0 Å². The van der Waals surface area contributed by atoms with Gasteiger partial charge in [0.05, 0.1) is 26.4 Å². The van der Waals surface area contributed by atoms with Crippen molar-refractivity contribution in [3.8, 4) is 23.0 Å². The topological polar surface area (TPSA) is 46.2 Å². The Hall–Kier alpha value is -3.53. The van der Waals surface area contributed by atoms with Crippen LogP contribution in [0.1, 0.15) is 184 Å². The summed E-state index contributed by atoms with van der Waals surface area (Å²) in [4.78, 5) is 0. The maximum atomic E-state index is 8.33. The summed E-state index contributed by atoms with van der Waals surface area (Å²) in [5.74, 6) is 3.67. The highest BCUT2D eigenvalue weighted by molar-refractivity contribution is 6.92. The smallest absolute Gasteiger partial charge is 0.273 e. The van der Waals surface area contributed by atoms with Crippen LogP contribution in [0.3, 0.4) is 0 Å². The molecular weight excluding hydrogens is 809 g/mol. The monoisotopic (exact) mass is 893 g/mol. The maximum absolute atomic E-state index is 8.33. The largest absolute Gasteiger partial charge is 0.494 e. The first kappa shape index (κ1) is 52.1. The van der Waals surface area contributed by atoms with E-state index in [4.69, 9.17) is 23.1 Å². The molecule has 0 amide bonds. The van der Waals surface area contributed by atoms with Gasteiger partial charge in [-0.3, -0.25) is 0 Å². The second-order valence-electron chi connectivity index (χ2n) is 21.4. The highest BCUT2D eigenvalue weighted by atomic mass is 28.4. The zero-order valence-corrected chi connectivity index (χ0v) is 44.5. The minimum atomic E-state index is -2.00. The Kier molecular flexibility index (Phi) is 19.1. The first-order valence-electron chi connectivity index (χ1n) is 24.2. The fourth-order valence-corrected chi connectivity index (χ4v) is 14.5. The number of hydrogen-bond donors (Lipinski definition) is 0. The first-order chi connectivity index (χ1) is 29.6. The molecule has 0 aliphatic carbocycles. The maximum Gasteiger partial charge on any atom is 0.273 e. The van der Waals surface area contributed by atoms with Crippen molar-refractivity contribution >= 4 is 38.8 Å². The molecule has 0 atom stereocenters. The van der Waals surface area contributed by atoms with E-state index in [0.29, 0.717) is 26.4 Å². The SMILES string of the molecule is CCCCOc1ccc([Si](O[Si](c2ccc(OCCCC)cc2C(C)(C)C)c2ccc(OCCCC)cc2C(C)(C)C)c2ccc(OCCCC)cc2C(C)(C)C)c(C(C)(C)C)c1. The van der Waals surface area contributed by atoms with Crippen molar-refractivity contribution in [2.24, 2.45) is 0 Å². The lowest BCUT2D eigenvalue weighted by Gasteiger charge is -2.35. The molecule has 5 nitrogen and oxygen atoms in total. The fourth-order valence-electron chi connectivity index (χ4n) is 7.68. The standard InChI is InChI=1S/C56H84O5Si2/c1-17-21-33-57-41-25-29-49(45(37-41)53(5,6)7)62(50-30-26-42(58-34-22-18-2)38-46(50)54(8,9)10)61-63(51-31-27-43(59-35-23-19-3)39-47(51)55(11,12)13)52-32-28-44(60-36-24-20-4)40-48(52)56(14,15)16/h25-32,37-40H,17-24,33-36H2,1-16H3. The molecule has 346 valence electrons. The zero-order valence-electron chi connectivity index (χ0n) is 42.5. The third kappa shape index (κ3) is 14.7. The van der Waals surface area contributed by atoms with E-state index in [1.54, 1.807) is 0 Å². The van der Waals surface area contributed by atoms with Crippen LogP contribution >= 0.6 is 0 Å². The van der Waals surface area contributed by atoms with Crippen LogP contribution in [-0.2, 0) is 25.8 Å². The molecule has 0 fully saturated rings. The lowest BCUT2D eigenvalue weighted by Crippen LogP contribution is -2.60. The Bertz CT molecular complexity index is 1740. The quantitative estimate of drug-likeness (QED) is 0.0581. The van der Waals surface area contributed by atoms with Crippen LogP contribution in [0.2, 0.25) is 0 Å². The molecule has 63 heavy (non-hydrogen) atoms. The Morgan fingerprint density at radius 2 is 0.540 bits per heavy atom. The lowest BCUT2D eigenvalue weighted by molar-refractivity contribution is 0.308. The van der Waals surface area contributed by atoms with Crippen molar-refractivity contribution in [3.63, 3.8) is 0 Å². The second-order valence-corrected chi connectivity index (χ2v) is 25.7. The van der Waals surface area contributed by atoms with Gasteiger partial charge in [-0.2, -0.15) is 0 Å². The number of hydrogen-bond acceptors (Lipinski definition) is 5. The van der Waals surface area contributed by atoms with Crippen LogP contribution in [0.15, 0.2) is 72.8 Å². The van der Waals surface area contributed by atoms with Gasteiger partial charge in [-0.05, 0) is 139 Å². The van der Waals surface area contributed by atoms with Crippen LogP contribution in [0.4, 0.5) is 0 Å². The molecule has 4 aromatic carbocycles. The summed E-state index contributed by atoms with van der Waals surface area (Å²) in [6, 6.07) is 27.3. The highest BCUT2D eigenvalue weighted by Crippen LogP contribution is 2.32. The van der Waals surface area contributed by atoms with Crippen molar-refractivity contribution in [2.75, 3.05) is 26.4 Å². The Labute approximate surface area is 388 Å². The van der Waals surface area contributed by atoms with Gasteiger partial charge in [0.15, 0.2) is 0 Å². The Balaban J connectivity index is 2.15. The fraction of sp³-hybridized carbons (Fsp3) is 0.571. The Morgan fingerprint density at radius 1 is 0.333 bits per heavy atom. The summed E-state index contributed by atoms with van der Waals surface area (Å²) in [6.07, 6.45) is 8.46. The second kappa shape index (κ2) is 23.1. The molecule has 0 heterocycles. The van der Waals surface area contributed by atoms with Gasteiger partial charge >= 0.3 is 0 Å². The van der Waals surface area contributed by atoms with E-state index in [1.807, 2.05) is 0 Å². The third-order valence-electron chi connectivity index (χ3n) is 11.4. The summed E-state index contributed by atoms with van der Waals surface area (Å²) >= 11 is 0. The molecule has 0 aromatic heterocycles. The molecule has 0 aliphatic rings. The summed E-state index contributed by atoms with van der Waals surface area (Å²) in [6.45, 7) is 39.6. The van der Waals surface area contributed by atoms with Gasteiger partial charge in [0, 0.05) is 0 Å². The van der Waals surface area contributed by atoms with Gasteiger partial charge in [0.2, 0.25) is 0 Å². The molecule has 0 N–H and O–H groups in total. The number of benzene rings is 4. The molecule has 0 saturated carbocycles. The van der Waals surface area contributed by atoms with Crippen LogP contribution in [0.25, 0.3) is 0 Å². The van der Waals surface area contributed by atoms with Crippen molar-refractivity contribution in [3.05, 3.63) is 95.1 Å². The van der Waals surface area contributed by atoms with Crippen LogP contribution in [-0.4, -0.2) is 44.5 Å². The molecule has 4 rings (SSSR count). The summed E-state index contributed by atoms with van der Waals surface area (Å²) in [5.41, 5.74) is 4.33. The van der Waals surface area contributed by atoms with E-state index in [0.717, 1.165) is 74.4 Å². The molecule has 0 aliphatic heterocycles. The van der Waals surface area contributed by atoms with E-state index in [2.05, 4.69) is 184 Å². The molecule has 2 radical (unpaired) electrons. The minimum Gasteiger partial charge on any atom is -0.494 e. The molecule has 7 heteroatoms. The highest BCUT2D eigenvalue weighted by Gasteiger charge is 2.39. The van der Waals surface area contributed by atoms with Crippen molar-refractivity contribution in [2.45, 2.75) is 184 Å². The van der Waals surface area contributed by atoms with E-state index in [9.17, 15) is 0 Å². The minimum absolute atomic E-state index is 0.182. The van der Waals surface area contributed by atoms with E-state index >= 15 is 0 Å². The lowest BCUT2D eigenvalue weighted by atomic mass is 9.86. The predicted octanol–water partition coefficient (Wildman–Crippen LogP) is 12.5. The van der Waals surface area contributed by atoms with Crippen molar-refractivity contribution < 1.29 is 23.1 Å². The van der Waals surface area contributed by atoms with Gasteiger partial charge < -0.3 is 23.1 Å². The van der Waals surface area contributed by atoms with Gasteiger partial charge in [-0.25, -0.2) is 0 Å².